The van der Waals surface area contributed by atoms with Crippen molar-refractivity contribution in [3.8, 4) is 5.75 Å². The molecule has 1 aliphatic rings. The third-order valence-corrected chi connectivity index (χ3v) is 3.32. The summed E-state index contributed by atoms with van der Waals surface area (Å²) < 4.78 is 0. The van der Waals surface area contributed by atoms with E-state index < -0.39 is 0 Å². The van der Waals surface area contributed by atoms with Crippen molar-refractivity contribution < 1.29 is 9.90 Å². The maximum atomic E-state index is 12.0. The van der Waals surface area contributed by atoms with Gasteiger partial charge in [-0.15, -0.1) is 0 Å². The number of aromatic hydroxyl groups is 1. The van der Waals surface area contributed by atoms with Crippen LogP contribution in [-0.4, -0.2) is 30.1 Å². The van der Waals surface area contributed by atoms with Gasteiger partial charge in [-0.25, -0.2) is 0 Å². The second kappa shape index (κ2) is 4.75. The van der Waals surface area contributed by atoms with Gasteiger partial charge in [0.25, 0.3) is 5.91 Å². The van der Waals surface area contributed by atoms with Gasteiger partial charge in [0.15, 0.2) is 0 Å². The fourth-order valence-electron chi connectivity index (χ4n) is 2.09. The molecule has 0 bridgehead atoms. The van der Waals surface area contributed by atoms with Crippen LogP contribution in [0.25, 0.3) is 0 Å². The van der Waals surface area contributed by atoms with E-state index in [-0.39, 0.29) is 17.7 Å². The van der Waals surface area contributed by atoms with Gasteiger partial charge in [-0.2, -0.15) is 0 Å². The zero-order valence-electron chi connectivity index (χ0n) is 10.2. The van der Waals surface area contributed by atoms with Crippen LogP contribution in [0.5, 0.6) is 5.75 Å². The highest BCUT2D eigenvalue weighted by Gasteiger charge is 2.25. The number of carbonyl (C=O) groups excluding carboxylic acids is 1. The van der Waals surface area contributed by atoms with Crippen LogP contribution in [0.1, 0.15) is 22.8 Å². The number of phenolic OH excluding ortho intramolecular Hbond substituents is 1. The first-order chi connectivity index (χ1) is 8.09. The summed E-state index contributed by atoms with van der Waals surface area (Å²) in [7, 11) is 0. The Bertz CT molecular complexity index is 431. The van der Waals surface area contributed by atoms with Gasteiger partial charge < -0.3 is 15.7 Å². The predicted molar refractivity (Wildman–Crippen MR) is 66.1 cm³/mol. The van der Waals surface area contributed by atoms with Crippen molar-refractivity contribution >= 4 is 5.91 Å². The van der Waals surface area contributed by atoms with Crippen LogP contribution in [0.3, 0.4) is 0 Å². The Morgan fingerprint density at radius 2 is 2.24 bits per heavy atom. The zero-order valence-corrected chi connectivity index (χ0v) is 10.2. The summed E-state index contributed by atoms with van der Waals surface area (Å²) in [5.74, 6) is 0.293. The normalized spacial score (nSPS) is 23.6. The van der Waals surface area contributed by atoms with Gasteiger partial charge in [0.2, 0.25) is 0 Å². The van der Waals surface area contributed by atoms with E-state index in [1.165, 1.54) is 0 Å². The molecule has 2 unspecified atom stereocenters. The first-order valence-electron chi connectivity index (χ1n) is 5.89. The maximum absolute atomic E-state index is 12.0. The van der Waals surface area contributed by atoms with E-state index in [4.69, 9.17) is 0 Å². The Hall–Kier alpha value is -1.55. The minimum atomic E-state index is -0.202. The van der Waals surface area contributed by atoms with Crippen LogP contribution in [0, 0.1) is 12.8 Å². The van der Waals surface area contributed by atoms with Crippen molar-refractivity contribution in [1.29, 1.82) is 0 Å². The molecule has 17 heavy (non-hydrogen) atoms. The van der Waals surface area contributed by atoms with Crippen LogP contribution in [0.2, 0.25) is 0 Å². The van der Waals surface area contributed by atoms with Crippen LogP contribution in [0.15, 0.2) is 18.2 Å². The molecule has 1 saturated heterocycles. The van der Waals surface area contributed by atoms with Crippen molar-refractivity contribution in [2.45, 2.75) is 19.9 Å². The lowest BCUT2D eigenvalue weighted by Gasteiger charge is -2.17. The molecule has 1 aliphatic heterocycles. The van der Waals surface area contributed by atoms with Crippen molar-refractivity contribution in [3.63, 3.8) is 0 Å². The molecule has 1 heterocycles. The second-order valence-electron chi connectivity index (χ2n) is 4.69. The first kappa shape index (κ1) is 11.9. The standard InChI is InChI=1S/C13H18N2O2/c1-8-4-3-5-10(12(8)16)13(17)15-11-7-14-6-9(11)2/h3-5,9,11,14,16H,6-7H2,1-2H3,(H,15,17). The monoisotopic (exact) mass is 234 g/mol. The second-order valence-corrected chi connectivity index (χ2v) is 4.69. The lowest BCUT2D eigenvalue weighted by atomic mass is 10.0. The molecule has 0 saturated carbocycles. The smallest absolute Gasteiger partial charge is 0.255 e. The number of para-hydroxylation sites is 1. The number of aryl methyl sites for hydroxylation is 1. The summed E-state index contributed by atoms with van der Waals surface area (Å²) in [5, 5.41) is 16.0. The Morgan fingerprint density at radius 3 is 2.88 bits per heavy atom. The molecule has 92 valence electrons. The molecule has 1 aromatic rings. The van der Waals surface area contributed by atoms with E-state index in [0.717, 1.165) is 18.7 Å². The van der Waals surface area contributed by atoms with E-state index in [1.807, 2.05) is 0 Å². The molecular formula is C13H18N2O2. The quantitative estimate of drug-likeness (QED) is 0.716. The molecule has 1 fully saturated rings. The van der Waals surface area contributed by atoms with Crippen molar-refractivity contribution in [1.82, 2.24) is 10.6 Å². The van der Waals surface area contributed by atoms with Gasteiger partial charge in [-0.05, 0) is 31.0 Å². The third-order valence-electron chi connectivity index (χ3n) is 3.32. The molecule has 0 aliphatic carbocycles. The topological polar surface area (TPSA) is 61.4 Å². The Morgan fingerprint density at radius 1 is 1.47 bits per heavy atom. The number of hydrogen-bond donors (Lipinski definition) is 3. The molecule has 2 rings (SSSR count). The number of nitrogens with one attached hydrogen (secondary N) is 2. The van der Waals surface area contributed by atoms with Gasteiger partial charge in [-0.3, -0.25) is 4.79 Å². The SMILES string of the molecule is Cc1cccc(C(=O)NC2CNCC2C)c1O. The highest BCUT2D eigenvalue weighted by atomic mass is 16.3. The van der Waals surface area contributed by atoms with E-state index in [0.29, 0.717) is 11.5 Å². The number of phenols is 1. The Labute approximate surface area is 101 Å². The summed E-state index contributed by atoms with van der Waals surface area (Å²) in [5.41, 5.74) is 1.07. The number of hydrogen-bond acceptors (Lipinski definition) is 3. The van der Waals surface area contributed by atoms with Crippen LogP contribution < -0.4 is 10.6 Å². The average Bonchev–Trinajstić information content (AvgIpc) is 2.68. The van der Waals surface area contributed by atoms with Gasteiger partial charge in [-0.1, -0.05) is 19.1 Å². The highest BCUT2D eigenvalue weighted by molar-refractivity contribution is 5.97. The highest BCUT2D eigenvalue weighted by Crippen LogP contribution is 2.21. The molecule has 1 amide bonds. The molecule has 0 aromatic heterocycles. The van der Waals surface area contributed by atoms with Crippen LogP contribution >= 0.6 is 0 Å². The molecule has 4 heteroatoms. The Kier molecular flexibility index (Phi) is 3.33. The number of amides is 1. The van der Waals surface area contributed by atoms with Crippen molar-refractivity contribution in [2.24, 2.45) is 5.92 Å². The zero-order chi connectivity index (χ0) is 12.4. The predicted octanol–water partition coefficient (Wildman–Crippen LogP) is 1.04. The van der Waals surface area contributed by atoms with E-state index >= 15 is 0 Å². The first-order valence-corrected chi connectivity index (χ1v) is 5.89. The summed E-state index contributed by atoms with van der Waals surface area (Å²) in [6.45, 7) is 5.59. The van der Waals surface area contributed by atoms with Crippen LogP contribution in [-0.2, 0) is 0 Å². The maximum Gasteiger partial charge on any atom is 0.255 e. The van der Waals surface area contributed by atoms with E-state index in [9.17, 15) is 9.90 Å². The molecule has 3 N–H and O–H groups in total. The molecule has 4 nitrogen and oxygen atoms in total. The van der Waals surface area contributed by atoms with Crippen LogP contribution in [0.4, 0.5) is 0 Å². The van der Waals surface area contributed by atoms with Gasteiger partial charge >= 0.3 is 0 Å². The summed E-state index contributed by atoms with van der Waals surface area (Å²) in [6, 6.07) is 5.35. The average molecular weight is 234 g/mol. The molecular weight excluding hydrogens is 216 g/mol. The number of carbonyl (C=O) groups is 1. The number of rotatable bonds is 2. The van der Waals surface area contributed by atoms with Crippen molar-refractivity contribution in [2.75, 3.05) is 13.1 Å². The lowest BCUT2D eigenvalue weighted by Crippen LogP contribution is -2.39. The minimum Gasteiger partial charge on any atom is -0.507 e. The summed E-state index contributed by atoms with van der Waals surface area (Å²) >= 11 is 0. The van der Waals surface area contributed by atoms with Gasteiger partial charge in [0.1, 0.15) is 5.75 Å². The van der Waals surface area contributed by atoms with E-state index in [1.54, 1.807) is 25.1 Å². The summed E-state index contributed by atoms with van der Waals surface area (Å²) in [6.07, 6.45) is 0. The molecule has 0 spiro atoms. The lowest BCUT2D eigenvalue weighted by molar-refractivity contribution is 0.0930. The Balaban J connectivity index is 2.12. The fraction of sp³-hybridized carbons (Fsp3) is 0.462. The molecule has 2 atom stereocenters. The largest absolute Gasteiger partial charge is 0.507 e. The fourth-order valence-corrected chi connectivity index (χ4v) is 2.09. The van der Waals surface area contributed by atoms with Gasteiger partial charge in [0, 0.05) is 12.6 Å². The summed E-state index contributed by atoms with van der Waals surface area (Å²) in [4.78, 5) is 12.0. The minimum absolute atomic E-state index is 0.0728. The van der Waals surface area contributed by atoms with Crippen molar-refractivity contribution in [3.05, 3.63) is 29.3 Å². The van der Waals surface area contributed by atoms with E-state index in [2.05, 4.69) is 17.6 Å². The molecule has 0 radical (unpaired) electrons. The number of benzene rings is 1. The third kappa shape index (κ3) is 2.42. The molecule has 1 aromatic carbocycles. The van der Waals surface area contributed by atoms with Gasteiger partial charge in [0.05, 0.1) is 5.56 Å².